The minimum absolute atomic E-state index is 0.629. The molecule has 1 radical (unpaired) electrons. The summed E-state index contributed by atoms with van der Waals surface area (Å²) in [6, 6.07) is 18.3. The van der Waals surface area contributed by atoms with Crippen LogP contribution in [0.4, 0.5) is 5.69 Å². The molecule has 0 atom stereocenters. The Morgan fingerprint density at radius 2 is 1.93 bits per heavy atom. The van der Waals surface area contributed by atoms with E-state index in [4.69, 9.17) is 10.7 Å². The second kappa shape index (κ2) is 7.96. The van der Waals surface area contributed by atoms with E-state index in [0.29, 0.717) is 0 Å². The topological polar surface area (TPSA) is 38.9 Å². The summed E-state index contributed by atoms with van der Waals surface area (Å²) in [4.78, 5) is 7.29. The molecule has 0 bridgehead atoms. The Bertz CT molecular complexity index is 1040. The summed E-state index contributed by atoms with van der Waals surface area (Å²) in [6.45, 7) is 4.65. The number of benzene rings is 1. The van der Waals surface area contributed by atoms with Crippen LogP contribution in [0.1, 0.15) is 19.8 Å². The highest BCUT2D eigenvalue weighted by Crippen LogP contribution is 2.38. The molecule has 0 aliphatic carbocycles. The number of thiophene rings is 2. The zero-order valence-corrected chi connectivity index (χ0v) is 18.3. The number of nitrogens with two attached hydrogens (primary N) is 1. The molecule has 2 N–H and O–H groups in total. The molecule has 2 nitrogen and oxygen atoms in total. The fraction of sp³-hybridized carbons (Fsp3) is 0.227. The molecular weight excluding hydrogens is 384 g/mol. The Kier molecular flexibility index (Phi) is 5.43. The lowest BCUT2D eigenvalue weighted by Crippen LogP contribution is -2.25. The zero-order chi connectivity index (χ0) is 18.8. The van der Waals surface area contributed by atoms with Crippen LogP contribution in [0.25, 0.3) is 31.9 Å². The summed E-state index contributed by atoms with van der Waals surface area (Å²) >= 11 is 3.55. The number of rotatable bonds is 6. The van der Waals surface area contributed by atoms with Crippen LogP contribution < -0.4 is 10.2 Å². The highest BCUT2D eigenvalue weighted by Gasteiger charge is 2.21. The molecule has 0 saturated carbocycles. The highest BCUT2D eigenvalue weighted by molar-refractivity contribution is 7.29. The standard InChI is InChI=1S/C22H23N2S2Si/c1-3-4-13-27(2)22-20(23)19-16(15-9-6-5-7-10-15)14-17(24-21(19)26-22)18-11-8-12-25-18/h5-12,14H,3-4,13,23H2,1-2H3. The van der Waals surface area contributed by atoms with Gasteiger partial charge in [-0.3, -0.25) is 0 Å². The van der Waals surface area contributed by atoms with Gasteiger partial charge in [0.15, 0.2) is 0 Å². The predicted molar refractivity (Wildman–Crippen MR) is 124 cm³/mol. The van der Waals surface area contributed by atoms with Gasteiger partial charge in [-0.2, -0.15) is 0 Å². The number of nitrogens with zero attached hydrogens (tertiary/aromatic N) is 1. The molecule has 0 aliphatic heterocycles. The number of aromatic nitrogens is 1. The van der Waals surface area contributed by atoms with Crippen molar-refractivity contribution in [2.45, 2.75) is 32.4 Å². The first-order valence-electron chi connectivity index (χ1n) is 9.34. The molecule has 0 aliphatic rings. The van der Waals surface area contributed by atoms with E-state index < -0.39 is 8.80 Å². The monoisotopic (exact) mass is 407 g/mol. The molecule has 0 saturated heterocycles. The lowest BCUT2D eigenvalue weighted by molar-refractivity contribution is 0.877. The minimum Gasteiger partial charge on any atom is -0.398 e. The maximum absolute atomic E-state index is 6.72. The molecule has 3 aromatic heterocycles. The van der Waals surface area contributed by atoms with Crippen LogP contribution in [-0.2, 0) is 0 Å². The van der Waals surface area contributed by atoms with E-state index in [2.05, 4.69) is 67.4 Å². The molecule has 1 aromatic carbocycles. The van der Waals surface area contributed by atoms with Crippen LogP contribution in [0.15, 0.2) is 53.9 Å². The van der Waals surface area contributed by atoms with Crippen molar-refractivity contribution in [3.63, 3.8) is 0 Å². The SMILES string of the molecule is CCCC[Si](C)c1sc2nc(-c3cccs3)cc(-c3ccccc3)c2c1N. The Labute approximate surface area is 170 Å². The Morgan fingerprint density at radius 3 is 2.63 bits per heavy atom. The van der Waals surface area contributed by atoms with Gasteiger partial charge in [0.25, 0.3) is 0 Å². The maximum atomic E-state index is 6.72. The zero-order valence-electron chi connectivity index (χ0n) is 15.7. The van der Waals surface area contributed by atoms with E-state index in [1.54, 1.807) is 11.3 Å². The van der Waals surface area contributed by atoms with E-state index >= 15 is 0 Å². The number of nitrogen functional groups attached to an aromatic ring is 1. The third kappa shape index (κ3) is 3.59. The van der Waals surface area contributed by atoms with E-state index in [-0.39, 0.29) is 0 Å². The fourth-order valence-electron chi connectivity index (χ4n) is 3.39. The van der Waals surface area contributed by atoms with Crippen LogP contribution in [0, 0.1) is 0 Å². The number of hydrogen-bond acceptors (Lipinski definition) is 4. The van der Waals surface area contributed by atoms with E-state index in [1.807, 2.05) is 11.3 Å². The van der Waals surface area contributed by atoms with E-state index in [0.717, 1.165) is 21.6 Å². The van der Waals surface area contributed by atoms with Gasteiger partial charge in [0.05, 0.1) is 25.1 Å². The third-order valence-electron chi connectivity index (χ3n) is 4.85. The Balaban J connectivity index is 1.93. The first kappa shape index (κ1) is 18.4. The summed E-state index contributed by atoms with van der Waals surface area (Å²) in [5.41, 5.74) is 11.1. The Hall–Kier alpha value is -1.95. The first-order valence-corrected chi connectivity index (χ1v) is 13.2. The molecule has 27 heavy (non-hydrogen) atoms. The molecule has 0 fully saturated rings. The molecule has 0 amide bonds. The van der Waals surface area contributed by atoms with Crippen molar-refractivity contribution < 1.29 is 0 Å². The second-order valence-electron chi connectivity index (χ2n) is 6.81. The largest absolute Gasteiger partial charge is 0.398 e. The maximum Gasteiger partial charge on any atom is 0.126 e. The van der Waals surface area contributed by atoms with Gasteiger partial charge in [0.1, 0.15) is 4.83 Å². The predicted octanol–water partition coefficient (Wildman–Crippen LogP) is 6.41. The average Bonchev–Trinajstić information content (AvgIpc) is 3.35. The molecule has 3 heterocycles. The summed E-state index contributed by atoms with van der Waals surface area (Å²) in [5, 5.41) is 3.25. The summed E-state index contributed by atoms with van der Waals surface area (Å²) in [6.07, 6.45) is 2.51. The average molecular weight is 408 g/mol. The van der Waals surface area contributed by atoms with Crippen molar-refractivity contribution in [1.29, 1.82) is 0 Å². The number of anilines is 1. The smallest absolute Gasteiger partial charge is 0.126 e. The number of unbranched alkanes of at least 4 members (excludes halogenated alkanes) is 1. The van der Waals surface area contributed by atoms with Gasteiger partial charge < -0.3 is 5.73 Å². The van der Waals surface area contributed by atoms with Crippen molar-refractivity contribution in [2.75, 3.05) is 5.73 Å². The van der Waals surface area contributed by atoms with Crippen LogP contribution in [0.5, 0.6) is 0 Å². The summed E-state index contributed by atoms with van der Waals surface area (Å²) < 4.78 is 1.39. The summed E-state index contributed by atoms with van der Waals surface area (Å²) in [5.74, 6) is 0. The lowest BCUT2D eigenvalue weighted by Gasteiger charge is -2.09. The van der Waals surface area contributed by atoms with Crippen LogP contribution in [0.3, 0.4) is 0 Å². The van der Waals surface area contributed by atoms with E-state index in [9.17, 15) is 0 Å². The van der Waals surface area contributed by atoms with Gasteiger partial charge in [-0.25, -0.2) is 4.98 Å². The van der Waals surface area contributed by atoms with Crippen molar-refractivity contribution in [3.8, 4) is 21.7 Å². The third-order valence-corrected chi connectivity index (χ3v) is 10.2. The second-order valence-corrected chi connectivity index (χ2v) is 11.7. The highest BCUT2D eigenvalue weighted by atomic mass is 32.1. The van der Waals surface area contributed by atoms with Gasteiger partial charge in [0, 0.05) is 9.89 Å². The van der Waals surface area contributed by atoms with Gasteiger partial charge in [-0.15, -0.1) is 22.7 Å². The van der Waals surface area contributed by atoms with Crippen molar-refractivity contribution in [1.82, 2.24) is 4.98 Å². The van der Waals surface area contributed by atoms with Crippen molar-refractivity contribution >= 4 is 51.9 Å². The minimum atomic E-state index is -0.629. The lowest BCUT2D eigenvalue weighted by atomic mass is 10.0. The molecular formula is C22H23N2S2Si. The van der Waals surface area contributed by atoms with Gasteiger partial charge >= 0.3 is 0 Å². The normalized spacial score (nSPS) is 11.5. The Morgan fingerprint density at radius 1 is 1.11 bits per heavy atom. The van der Waals surface area contributed by atoms with Gasteiger partial charge in [-0.05, 0) is 28.6 Å². The number of pyridine rings is 1. The molecule has 5 heteroatoms. The van der Waals surface area contributed by atoms with Gasteiger partial charge in [-0.1, -0.05) is 68.8 Å². The number of hydrogen-bond donors (Lipinski definition) is 1. The molecule has 137 valence electrons. The molecule has 4 rings (SSSR count). The van der Waals surface area contributed by atoms with Crippen LogP contribution >= 0.6 is 22.7 Å². The van der Waals surface area contributed by atoms with Gasteiger partial charge in [0.2, 0.25) is 0 Å². The van der Waals surface area contributed by atoms with Crippen molar-refractivity contribution in [2.24, 2.45) is 0 Å². The number of fused-ring (bicyclic) bond motifs is 1. The quantitative estimate of drug-likeness (QED) is 0.375. The molecule has 4 aromatic rings. The fourth-order valence-corrected chi connectivity index (χ4v) is 7.94. The van der Waals surface area contributed by atoms with E-state index in [1.165, 1.54) is 39.4 Å². The summed E-state index contributed by atoms with van der Waals surface area (Å²) in [7, 11) is -0.629. The first-order chi connectivity index (χ1) is 13.2. The molecule has 0 unspecified atom stereocenters. The van der Waals surface area contributed by atoms with Crippen molar-refractivity contribution in [3.05, 3.63) is 53.9 Å². The molecule has 0 spiro atoms. The van der Waals surface area contributed by atoms with Crippen LogP contribution in [0.2, 0.25) is 12.6 Å². The van der Waals surface area contributed by atoms with Crippen LogP contribution in [-0.4, -0.2) is 13.8 Å².